The molecule has 0 aromatic rings. The lowest BCUT2D eigenvalue weighted by Gasteiger charge is -2.62. The first-order valence-electron chi connectivity index (χ1n) is 4.73. The molecular formula is C9H15F2NO. The molecule has 1 N–H and O–H groups in total. The summed E-state index contributed by atoms with van der Waals surface area (Å²) < 4.78 is 24.6. The molecule has 4 heteroatoms. The molecule has 76 valence electrons. The third kappa shape index (κ3) is 1.27. The summed E-state index contributed by atoms with van der Waals surface area (Å²) >= 11 is 0. The maximum absolute atomic E-state index is 12.3. The summed E-state index contributed by atoms with van der Waals surface area (Å²) in [6, 6.07) is 0. The molecule has 1 aliphatic heterocycles. The molecule has 0 amide bonds. The Hall–Kier alpha value is -0.220. The first-order chi connectivity index (χ1) is 6.00. The number of hydrogen-bond acceptors (Lipinski definition) is 2. The predicted molar refractivity (Wildman–Crippen MR) is 44.7 cm³/mol. The van der Waals surface area contributed by atoms with Crippen molar-refractivity contribution in [1.29, 1.82) is 0 Å². The molecule has 0 aromatic heterocycles. The molecule has 0 unspecified atom stereocenters. The van der Waals surface area contributed by atoms with Crippen molar-refractivity contribution in [1.82, 2.24) is 4.90 Å². The van der Waals surface area contributed by atoms with Crippen LogP contribution in [0, 0.1) is 5.41 Å². The third-order valence-electron chi connectivity index (χ3n) is 3.33. The molecule has 1 saturated heterocycles. The van der Waals surface area contributed by atoms with Crippen molar-refractivity contribution < 1.29 is 13.9 Å². The second kappa shape index (κ2) is 2.64. The molecule has 0 atom stereocenters. The van der Waals surface area contributed by atoms with Gasteiger partial charge in [0.05, 0.1) is 0 Å². The van der Waals surface area contributed by atoms with Gasteiger partial charge in [0, 0.05) is 18.5 Å². The van der Waals surface area contributed by atoms with Gasteiger partial charge >= 0.3 is 0 Å². The van der Waals surface area contributed by atoms with Crippen molar-refractivity contribution in [2.75, 3.05) is 19.6 Å². The second-order valence-electron chi connectivity index (χ2n) is 4.56. The van der Waals surface area contributed by atoms with Crippen molar-refractivity contribution in [3.8, 4) is 0 Å². The van der Waals surface area contributed by atoms with Gasteiger partial charge in [0.1, 0.15) is 5.60 Å². The molecule has 0 radical (unpaired) electrons. The van der Waals surface area contributed by atoms with E-state index in [1.165, 1.54) is 0 Å². The van der Waals surface area contributed by atoms with E-state index in [0.717, 1.165) is 19.6 Å². The summed E-state index contributed by atoms with van der Waals surface area (Å²) in [4.78, 5) is 2.21. The van der Waals surface area contributed by atoms with Gasteiger partial charge in [-0.05, 0) is 19.4 Å². The van der Waals surface area contributed by atoms with Gasteiger partial charge in [-0.2, -0.15) is 0 Å². The van der Waals surface area contributed by atoms with Crippen LogP contribution in [0.2, 0.25) is 0 Å². The second-order valence-corrected chi connectivity index (χ2v) is 4.56. The standard InChI is InChI=1S/C9H15F2NO/c1-2-12-5-8(6-12)3-9(13,4-8)7(10)11/h7,13H,2-6H2,1H3. The van der Waals surface area contributed by atoms with Crippen molar-refractivity contribution in [3.63, 3.8) is 0 Å². The summed E-state index contributed by atoms with van der Waals surface area (Å²) in [6.07, 6.45) is -2.00. The highest BCUT2D eigenvalue weighted by atomic mass is 19.3. The summed E-state index contributed by atoms with van der Waals surface area (Å²) in [6.45, 7) is 4.82. The van der Waals surface area contributed by atoms with Gasteiger partial charge in [-0.1, -0.05) is 6.92 Å². The van der Waals surface area contributed by atoms with Gasteiger partial charge in [-0.15, -0.1) is 0 Å². The Labute approximate surface area is 76.5 Å². The maximum Gasteiger partial charge on any atom is 0.266 e. The van der Waals surface area contributed by atoms with Gasteiger partial charge in [-0.3, -0.25) is 0 Å². The SMILES string of the molecule is CCN1CC2(C1)CC(O)(C(F)F)C2. The lowest BCUT2D eigenvalue weighted by Crippen LogP contribution is -2.69. The smallest absolute Gasteiger partial charge is 0.266 e. The number of nitrogens with zero attached hydrogens (tertiary/aromatic N) is 1. The molecule has 1 heterocycles. The molecule has 13 heavy (non-hydrogen) atoms. The van der Waals surface area contributed by atoms with Crippen LogP contribution in [0.4, 0.5) is 8.78 Å². The lowest BCUT2D eigenvalue weighted by molar-refractivity contribution is -0.239. The number of hydrogen-bond donors (Lipinski definition) is 1. The van der Waals surface area contributed by atoms with E-state index in [1.54, 1.807) is 0 Å². The van der Waals surface area contributed by atoms with Crippen molar-refractivity contribution in [2.45, 2.75) is 31.8 Å². The molecule has 0 aromatic carbocycles. The van der Waals surface area contributed by atoms with E-state index in [1.807, 2.05) is 0 Å². The van der Waals surface area contributed by atoms with E-state index in [2.05, 4.69) is 11.8 Å². The Morgan fingerprint density at radius 1 is 1.38 bits per heavy atom. The number of halogens is 2. The molecule has 2 nitrogen and oxygen atoms in total. The molecule has 2 rings (SSSR count). The van der Waals surface area contributed by atoms with Gasteiger partial charge in [0.2, 0.25) is 0 Å². The fraction of sp³-hybridized carbons (Fsp3) is 1.00. The normalized spacial score (nSPS) is 30.2. The third-order valence-corrected chi connectivity index (χ3v) is 3.33. The molecule has 1 aliphatic carbocycles. The molecular weight excluding hydrogens is 176 g/mol. The van der Waals surface area contributed by atoms with Gasteiger partial charge in [0.15, 0.2) is 0 Å². The summed E-state index contributed by atoms with van der Waals surface area (Å²) in [5.74, 6) is 0. The van der Waals surface area contributed by atoms with Crippen LogP contribution in [0.3, 0.4) is 0 Å². The zero-order chi connectivity index (χ0) is 9.69. The van der Waals surface area contributed by atoms with Gasteiger partial charge in [0.25, 0.3) is 6.43 Å². The fourth-order valence-electron chi connectivity index (χ4n) is 2.75. The highest BCUT2D eigenvalue weighted by molar-refractivity contribution is 5.12. The first-order valence-corrected chi connectivity index (χ1v) is 4.73. The number of aliphatic hydroxyl groups is 1. The Kier molecular flexibility index (Phi) is 1.90. The summed E-state index contributed by atoms with van der Waals surface area (Å²) in [5, 5.41) is 9.38. The highest BCUT2D eigenvalue weighted by Gasteiger charge is 2.62. The van der Waals surface area contributed by atoms with E-state index in [-0.39, 0.29) is 18.3 Å². The quantitative estimate of drug-likeness (QED) is 0.706. The summed E-state index contributed by atoms with van der Waals surface area (Å²) in [5.41, 5.74) is -1.64. The van der Waals surface area contributed by atoms with Crippen molar-refractivity contribution in [3.05, 3.63) is 0 Å². The first kappa shape index (κ1) is 9.34. The van der Waals surface area contributed by atoms with Crippen molar-refractivity contribution in [2.24, 2.45) is 5.41 Å². The molecule has 0 bridgehead atoms. The number of likely N-dealkylation sites (tertiary alicyclic amines) is 1. The monoisotopic (exact) mass is 191 g/mol. The molecule has 1 saturated carbocycles. The van der Waals surface area contributed by atoms with Crippen LogP contribution in [0.5, 0.6) is 0 Å². The van der Waals surface area contributed by atoms with Crippen molar-refractivity contribution >= 4 is 0 Å². The maximum atomic E-state index is 12.3. The molecule has 2 aliphatic rings. The predicted octanol–water partition coefficient (Wildman–Crippen LogP) is 1.10. The van der Waals surface area contributed by atoms with Gasteiger partial charge < -0.3 is 10.0 Å². The Morgan fingerprint density at radius 3 is 2.31 bits per heavy atom. The lowest BCUT2D eigenvalue weighted by atomic mass is 9.55. The summed E-state index contributed by atoms with van der Waals surface area (Å²) in [7, 11) is 0. The Morgan fingerprint density at radius 2 is 1.92 bits per heavy atom. The van der Waals surface area contributed by atoms with E-state index in [0.29, 0.717) is 0 Å². The number of rotatable bonds is 2. The van der Waals surface area contributed by atoms with Crippen LogP contribution in [-0.2, 0) is 0 Å². The molecule has 2 fully saturated rings. The zero-order valence-electron chi connectivity index (χ0n) is 7.76. The largest absolute Gasteiger partial charge is 0.384 e. The zero-order valence-corrected chi connectivity index (χ0v) is 7.76. The fourth-order valence-corrected chi connectivity index (χ4v) is 2.75. The minimum atomic E-state index is -2.58. The molecule has 1 spiro atoms. The van der Waals surface area contributed by atoms with E-state index < -0.39 is 12.0 Å². The van der Waals surface area contributed by atoms with Crippen LogP contribution in [-0.4, -0.2) is 41.7 Å². The minimum absolute atomic E-state index is 0.0290. The highest BCUT2D eigenvalue weighted by Crippen LogP contribution is 2.55. The number of alkyl halides is 2. The topological polar surface area (TPSA) is 23.5 Å². The van der Waals surface area contributed by atoms with E-state index in [9.17, 15) is 13.9 Å². The van der Waals surface area contributed by atoms with E-state index >= 15 is 0 Å². The van der Waals surface area contributed by atoms with E-state index in [4.69, 9.17) is 0 Å². The Balaban J connectivity index is 1.85. The average molecular weight is 191 g/mol. The Bertz CT molecular complexity index is 206. The van der Waals surface area contributed by atoms with Crippen LogP contribution >= 0.6 is 0 Å². The minimum Gasteiger partial charge on any atom is -0.384 e. The van der Waals surface area contributed by atoms with Gasteiger partial charge in [-0.25, -0.2) is 8.78 Å². The van der Waals surface area contributed by atoms with Crippen LogP contribution in [0.1, 0.15) is 19.8 Å². The van der Waals surface area contributed by atoms with Crippen LogP contribution in [0.25, 0.3) is 0 Å². The van der Waals surface area contributed by atoms with Crippen LogP contribution < -0.4 is 0 Å². The van der Waals surface area contributed by atoms with Crippen LogP contribution in [0.15, 0.2) is 0 Å². The average Bonchev–Trinajstić information content (AvgIpc) is 1.93.